The van der Waals surface area contributed by atoms with Crippen LogP contribution in [0.5, 0.6) is 11.5 Å². The first-order valence-electron chi connectivity index (χ1n) is 13.8. The van der Waals surface area contributed by atoms with E-state index in [-0.39, 0.29) is 11.5 Å². The zero-order valence-electron chi connectivity index (χ0n) is 24.0. The lowest BCUT2D eigenvalue weighted by molar-refractivity contribution is -0.127. The van der Waals surface area contributed by atoms with Crippen LogP contribution in [0.25, 0.3) is 6.08 Å². The van der Waals surface area contributed by atoms with Gasteiger partial charge >= 0.3 is 0 Å². The van der Waals surface area contributed by atoms with Gasteiger partial charge in [-0.05, 0) is 56.7 Å². The summed E-state index contributed by atoms with van der Waals surface area (Å²) in [7, 11) is 1.59. The second-order valence-corrected chi connectivity index (χ2v) is 11.2. The smallest absolute Gasteiger partial charge is 0.271 e. The summed E-state index contributed by atoms with van der Waals surface area (Å²) in [5.74, 6) is 1.08. The van der Waals surface area contributed by atoms with Crippen LogP contribution >= 0.6 is 22.9 Å². The molecule has 1 atom stereocenters. The van der Waals surface area contributed by atoms with Crippen molar-refractivity contribution in [3.8, 4) is 11.5 Å². The van der Waals surface area contributed by atoms with Gasteiger partial charge in [-0.15, -0.1) is 0 Å². The predicted molar refractivity (Wildman–Crippen MR) is 167 cm³/mol. The Kier molecular flexibility index (Phi) is 8.94. The number of carbonyl (C=O) groups is 1. The molecule has 9 heteroatoms. The molecule has 1 aliphatic rings. The van der Waals surface area contributed by atoms with Crippen LogP contribution in [0, 0.1) is 0 Å². The highest BCUT2D eigenvalue weighted by molar-refractivity contribution is 7.07. The van der Waals surface area contributed by atoms with E-state index in [1.54, 1.807) is 16.6 Å². The van der Waals surface area contributed by atoms with Gasteiger partial charge in [0.15, 0.2) is 4.80 Å². The summed E-state index contributed by atoms with van der Waals surface area (Å²) >= 11 is 7.43. The van der Waals surface area contributed by atoms with Gasteiger partial charge in [-0.1, -0.05) is 71.5 Å². The summed E-state index contributed by atoms with van der Waals surface area (Å²) in [6.45, 7) is 7.13. The SMILES string of the molecule is CCN(CC)C(=O)C1=C(C)N=c2s/c(=C/c3ccccc3OCc3cccc(Cl)c3)c(=O)n2[C@@H]1c1ccccc1OC. The second-order valence-electron chi connectivity index (χ2n) is 9.76. The number of aromatic nitrogens is 1. The molecule has 0 fully saturated rings. The highest BCUT2D eigenvalue weighted by atomic mass is 35.5. The summed E-state index contributed by atoms with van der Waals surface area (Å²) < 4.78 is 13.9. The number of amides is 1. The van der Waals surface area contributed by atoms with Crippen LogP contribution in [0.4, 0.5) is 0 Å². The third-order valence-corrected chi connectivity index (χ3v) is 8.44. The number of likely N-dealkylation sites (N-methyl/N-ethyl adjacent to an activating group) is 1. The molecule has 0 spiro atoms. The van der Waals surface area contributed by atoms with E-state index in [9.17, 15) is 9.59 Å². The van der Waals surface area contributed by atoms with Crippen molar-refractivity contribution in [3.63, 3.8) is 0 Å². The van der Waals surface area contributed by atoms with Crippen LogP contribution in [0.15, 0.2) is 93.9 Å². The van der Waals surface area contributed by atoms with Crippen molar-refractivity contribution in [2.75, 3.05) is 20.2 Å². The molecule has 1 aliphatic heterocycles. The number of hydrogen-bond acceptors (Lipinski definition) is 6. The zero-order chi connectivity index (χ0) is 29.8. The minimum atomic E-state index is -0.693. The molecular formula is C33H32ClN3O4S. The van der Waals surface area contributed by atoms with Crippen molar-refractivity contribution >= 4 is 34.9 Å². The molecule has 0 saturated carbocycles. The fourth-order valence-corrected chi connectivity index (χ4v) is 6.37. The summed E-state index contributed by atoms with van der Waals surface area (Å²) in [5, 5.41) is 0.643. The van der Waals surface area contributed by atoms with E-state index in [2.05, 4.69) is 0 Å². The molecule has 42 heavy (non-hydrogen) atoms. The van der Waals surface area contributed by atoms with Crippen LogP contribution in [0.3, 0.4) is 0 Å². The topological polar surface area (TPSA) is 73.1 Å². The van der Waals surface area contributed by atoms with E-state index in [4.69, 9.17) is 26.1 Å². The van der Waals surface area contributed by atoms with Crippen molar-refractivity contribution in [1.29, 1.82) is 0 Å². The summed E-state index contributed by atoms with van der Waals surface area (Å²) in [5.41, 5.74) is 3.23. The van der Waals surface area contributed by atoms with Gasteiger partial charge in [0.1, 0.15) is 24.1 Å². The monoisotopic (exact) mass is 601 g/mol. The van der Waals surface area contributed by atoms with Gasteiger partial charge in [0.2, 0.25) is 0 Å². The average Bonchev–Trinajstić information content (AvgIpc) is 3.30. The van der Waals surface area contributed by atoms with Crippen molar-refractivity contribution in [1.82, 2.24) is 9.47 Å². The van der Waals surface area contributed by atoms with Crippen LogP contribution in [0.1, 0.15) is 43.5 Å². The Hall–Kier alpha value is -4.14. The summed E-state index contributed by atoms with van der Waals surface area (Å²) in [6, 6.07) is 21.9. The molecule has 7 nitrogen and oxygen atoms in total. The Morgan fingerprint density at radius 1 is 1.05 bits per heavy atom. The first-order chi connectivity index (χ1) is 20.4. The van der Waals surface area contributed by atoms with Gasteiger partial charge in [0.25, 0.3) is 11.5 Å². The first kappa shape index (κ1) is 29.4. The lowest BCUT2D eigenvalue weighted by Crippen LogP contribution is -2.43. The number of ether oxygens (including phenoxy) is 2. The molecule has 5 rings (SSSR count). The molecule has 1 amide bonds. The van der Waals surface area contributed by atoms with Crippen LogP contribution in [0.2, 0.25) is 5.02 Å². The highest BCUT2D eigenvalue weighted by Gasteiger charge is 2.35. The number of benzene rings is 3. The molecule has 3 aromatic carbocycles. The number of methoxy groups -OCH3 is 1. The normalized spacial score (nSPS) is 14.8. The van der Waals surface area contributed by atoms with Gasteiger partial charge < -0.3 is 14.4 Å². The molecule has 0 bridgehead atoms. The number of rotatable bonds is 9. The largest absolute Gasteiger partial charge is 0.496 e. The first-order valence-corrected chi connectivity index (χ1v) is 15.0. The molecule has 0 N–H and O–H groups in total. The Labute approximate surface area is 253 Å². The van der Waals surface area contributed by atoms with Gasteiger partial charge in [-0.25, -0.2) is 4.99 Å². The number of allylic oxidation sites excluding steroid dienone is 1. The number of nitrogens with zero attached hydrogens (tertiary/aromatic N) is 3. The Morgan fingerprint density at radius 3 is 2.48 bits per heavy atom. The third-order valence-electron chi connectivity index (χ3n) is 7.23. The lowest BCUT2D eigenvalue weighted by Gasteiger charge is -2.29. The molecule has 0 saturated heterocycles. The Morgan fingerprint density at radius 2 is 1.76 bits per heavy atom. The number of fused-ring (bicyclic) bond motifs is 1. The zero-order valence-corrected chi connectivity index (χ0v) is 25.5. The van der Waals surface area contributed by atoms with Gasteiger partial charge in [-0.2, -0.15) is 0 Å². The quantitative estimate of drug-likeness (QED) is 0.259. The van der Waals surface area contributed by atoms with Crippen molar-refractivity contribution in [2.45, 2.75) is 33.4 Å². The fourth-order valence-electron chi connectivity index (χ4n) is 5.12. The molecule has 2 heterocycles. The highest BCUT2D eigenvalue weighted by Crippen LogP contribution is 2.36. The number of hydrogen-bond donors (Lipinski definition) is 0. The maximum atomic E-state index is 14.2. The van der Waals surface area contributed by atoms with E-state index in [0.717, 1.165) is 16.7 Å². The standard InChI is InChI=1S/C33H32ClN3O4S/c1-5-36(6-2)32(39)29-21(3)35-33-37(30(29)25-15-8-10-17-27(25)40-4)31(38)28(42-33)19-23-13-7-9-16-26(23)41-20-22-12-11-14-24(34)18-22/h7-19,30H,5-6,20H2,1-4H3/b28-19+/t30-/m1/s1. The molecule has 0 unspecified atom stereocenters. The van der Waals surface area contributed by atoms with Gasteiger partial charge in [-0.3, -0.25) is 14.2 Å². The number of para-hydroxylation sites is 2. The number of halogens is 1. The minimum Gasteiger partial charge on any atom is -0.496 e. The van der Waals surface area contributed by atoms with E-state index in [0.29, 0.717) is 56.8 Å². The maximum Gasteiger partial charge on any atom is 0.271 e. The number of thiazole rings is 1. The van der Waals surface area contributed by atoms with Crippen LogP contribution in [-0.4, -0.2) is 35.6 Å². The maximum absolute atomic E-state index is 14.2. The van der Waals surface area contributed by atoms with Gasteiger partial charge in [0, 0.05) is 29.2 Å². The van der Waals surface area contributed by atoms with Crippen LogP contribution in [-0.2, 0) is 11.4 Å². The summed E-state index contributed by atoms with van der Waals surface area (Å²) in [4.78, 5) is 35.0. The molecule has 4 aromatic rings. The van der Waals surface area contributed by atoms with E-state index < -0.39 is 6.04 Å². The molecule has 0 radical (unpaired) electrons. The van der Waals surface area contributed by atoms with Crippen LogP contribution < -0.4 is 24.4 Å². The minimum absolute atomic E-state index is 0.147. The summed E-state index contributed by atoms with van der Waals surface area (Å²) in [6.07, 6.45) is 1.82. The number of carbonyl (C=O) groups excluding carboxylic acids is 1. The molecule has 0 aliphatic carbocycles. The molecule has 216 valence electrons. The van der Waals surface area contributed by atoms with Crippen molar-refractivity contribution < 1.29 is 14.3 Å². The second kappa shape index (κ2) is 12.8. The van der Waals surface area contributed by atoms with E-state index >= 15 is 0 Å². The van der Waals surface area contributed by atoms with Crippen molar-refractivity contribution in [2.24, 2.45) is 4.99 Å². The average molecular weight is 602 g/mol. The molecular weight excluding hydrogens is 570 g/mol. The van der Waals surface area contributed by atoms with Gasteiger partial charge in [0.05, 0.1) is 22.9 Å². The lowest BCUT2D eigenvalue weighted by atomic mass is 9.94. The Bertz CT molecular complexity index is 1840. The fraction of sp³-hybridized carbons (Fsp3) is 0.242. The van der Waals surface area contributed by atoms with E-state index in [1.165, 1.54) is 11.3 Å². The molecule has 1 aromatic heterocycles. The third kappa shape index (κ3) is 5.78. The van der Waals surface area contributed by atoms with E-state index in [1.807, 2.05) is 99.6 Å². The Balaban J connectivity index is 1.64. The van der Waals surface area contributed by atoms with Crippen molar-refractivity contribution in [3.05, 3.63) is 125 Å². The predicted octanol–water partition coefficient (Wildman–Crippen LogP) is 5.34.